The molecule has 21 heavy (non-hydrogen) atoms. The van der Waals surface area contributed by atoms with Crippen LogP contribution in [0.5, 0.6) is 0 Å². The van der Waals surface area contributed by atoms with Gasteiger partial charge < -0.3 is 10.1 Å². The molecule has 1 atom stereocenters. The maximum atomic E-state index is 12.0. The SMILES string of the molecule is CC(C(=O)NCc1ccccn1)N(C)C(=O)OC(C)(C)C. The molecule has 6 heteroatoms. The number of hydrogen-bond acceptors (Lipinski definition) is 4. The number of rotatable bonds is 4. The molecule has 0 spiro atoms. The van der Waals surface area contributed by atoms with Gasteiger partial charge in [0, 0.05) is 13.2 Å². The van der Waals surface area contributed by atoms with Crippen molar-refractivity contribution in [1.82, 2.24) is 15.2 Å². The molecule has 1 heterocycles. The highest BCUT2D eigenvalue weighted by atomic mass is 16.6. The summed E-state index contributed by atoms with van der Waals surface area (Å²) in [5.74, 6) is -0.256. The molecule has 2 amide bonds. The van der Waals surface area contributed by atoms with E-state index in [4.69, 9.17) is 4.74 Å². The van der Waals surface area contributed by atoms with Crippen LogP contribution in [-0.4, -0.2) is 40.6 Å². The Bertz CT molecular complexity index is 483. The third kappa shape index (κ3) is 5.81. The molecule has 1 aromatic rings. The van der Waals surface area contributed by atoms with Gasteiger partial charge in [0.05, 0.1) is 12.2 Å². The topological polar surface area (TPSA) is 71.5 Å². The molecular formula is C15H23N3O3. The highest BCUT2D eigenvalue weighted by Gasteiger charge is 2.26. The second-order valence-corrected chi connectivity index (χ2v) is 5.81. The van der Waals surface area contributed by atoms with Crippen LogP contribution in [-0.2, 0) is 16.1 Å². The number of amides is 2. The molecule has 0 fully saturated rings. The number of nitrogens with zero attached hydrogens (tertiary/aromatic N) is 2. The Labute approximate surface area is 125 Å². The normalized spacial score (nSPS) is 12.4. The molecule has 6 nitrogen and oxygen atoms in total. The first-order valence-corrected chi connectivity index (χ1v) is 6.84. The van der Waals surface area contributed by atoms with Crippen molar-refractivity contribution >= 4 is 12.0 Å². The first-order valence-electron chi connectivity index (χ1n) is 6.84. The molecule has 0 aliphatic carbocycles. The van der Waals surface area contributed by atoms with E-state index in [1.54, 1.807) is 40.9 Å². The van der Waals surface area contributed by atoms with Gasteiger partial charge in [0.1, 0.15) is 11.6 Å². The smallest absolute Gasteiger partial charge is 0.410 e. The summed E-state index contributed by atoms with van der Waals surface area (Å²) < 4.78 is 5.23. The molecule has 116 valence electrons. The van der Waals surface area contributed by atoms with Gasteiger partial charge in [-0.3, -0.25) is 14.7 Å². The molecule has 1 N–H and O–H groups in total. The van der Waals surface area contributed by atoms with Crippen LogP contribution in [0.4, 0.5) is 4.79 Å². The average Bonchev–Trinajstić information content (AvgIpc) is 2.42. The van der Waals surface area contributed by atoms with Gasteiger partial charge in [-0.25, -0.2) is 4.79 Å². The first kappa shape index (κ1) is 16.9. The lowest BCUT2D eigenvalue weighted by molar-refractivity contribution is -0.125. The van der Waals surface area contributed by atoms with Gasteiger partial charge in [0.2, 0.25) is 5.91 Å². The van der Waals surface area contributed by atoms with Crippen LogP contribution in [0.25, 0.3) is 0 Å². The van der Waals surface area contributed by atoms with E-state index in [1.807, 2.05) is 18.2 Å². The first-order chi connectivity index (χ1) is 9.70. The summed E-state index contributed by atoms with van der Waals surface area (Å²) in [6.45, 7) is 7.32. The molecule has 1 aromatic heterocycles. The minimum absolute atomic E-state index is 0.256. The summed E-state index contributed by atoms with van der Waals surface area (Å²) in [5.41, 5.74) is 0.174. The Morgan fingerprint density at radius 3 is 2.57 bits per heavy atom. The molecule has 0 aromatic carbocycles. The summed E-state index contributed by atoms with van der Waals surface area (Å²) in [6.07, 6.45) is 1.14. The zero-order valence-electron chi connectivity index (χ0n) is 13.2. The minimum atomic E-state index is -0.622. The monoisotopic (exact) mass is 293 g/mol. The maximum Gasteiger partial charge on any atom is 0.410 e. The van der Waals surface area contributed by atoms with Crippen LogP contribution in [0.3, 0.4) is 0 Å². The van der Waals surface area contributed by atoms with E-state index >= 15 is 0 Å². The zero-order valence-corrected chi connectivity index (χ0v) is 13.2. The molecule has 0 bridgehead atoms. The summed E-state index contributed by atoms with van der Waals surface area (Å²) >= 11 is 0. The summed E-state index contributed by atoms with van der Waals surface area (Å²) in [7, 11) is 1.54. The fraction of sp³-hybridized carbons (Fsp3) is 0.533. The van der Waals surface area contributed by atoms with E-state index in [0.717, 1.165) is 5.69 Å². The minimum Gasteiger partial charge on any atom is -0.444 e. The highest BCUT2D eigenvalue weighted by Crippen LogP contribution is 2.10. The number of nitrogens with one attached hydrogen (secondary N) is 1. The lowest BCUT2D eigenvalue weighted by atomic mass is 10.2. The molecule has 1 rings (SSSR count). The Hall–Kier alpha value is -2.11. The van der Waals surface area contributed by atoms with Crippen molar-refractivity contribution in [2.24, 2.45) is 0 Å². The lowest BCUT2D eigenvalue weighted by Crippen LogP contribution is -2.47. The summed E-state index contributed by atoms with van der Waals surface area (Å²) in [6, 6.07) is 4.86. The molecular weight excluding hydrogens is 270 g/mol. The predicted octanol–water partition coefficient (Wildman–Crippen LogP) is 1.95. The largest absolute Gasteiger partial charge is 0.444 e. The van der Waals surface area contributed by atoms with Gasteiger partial charge in [-0.2, -0.15) is 0 Å². The van der Waals surface area contributed by atoms with E-state index in [1.165, 1.54) is 4.90 Å². The van der Waals surface area contributed by atoms with E-state index in [2.05, 4.69) is 10.3 Å². The molecule has 1 unspecified atom stereocenters. The fourth-order valence-electron chi connectivity index (χ4n) is 1.50. The fourth-order valence-corrected chi connectivity index (χ4v) is 1.50. The van der Waals surface area contributed by atoms with Crippen LogP contribution in [0.15, 0.2) is 24.4 Å². The molecule has 0 aliphatic heterocycles. The number of hydrogen-bond donors (Lipinski definition) is 1. The van der Waals surface area contributed by atoms with Gasteiger partial charge >= 0.3 is 6.09 Å². The van der Waals surface area contributed by atoms with Gasteiger partial charge in [0.25, 0.3) is 0 Å². The van der Waals surface area contributed by atoms with Crippen LogP contribution < -0.4 is 5.32 Å². The number of carbonyl (C=O) groups excluding carboxylic acids is 2. The number of pyridine rings is 1. The third-order valence-electron chi connectivity index (χ3n) is 2.81. The van der Waals surface area contributed by atoms with Gasteiger partial charge in [-0.15, -0.1) is 0 Å². The molecule has 0 aliphatic rings. The third-order valence-corrected chi connectivity index (χ3v) is 2.81. The Kier molecular flexibility index (Phi) is 5.69. The Morgan fingerprint density at radius 1 is 1.38 bits per heavy atom. The van der Waals surface area contributed by atoms with Crippen LogP contribution >= 0.6 is 0 Å². The van der Waals surface area contributed by atoms with E-state index in [0.29, 0.717) is 6.54 Å². The van der Waals surface area contributed by atoms with Crippen LogP contribution in [0.1, 0.15) is 33.4 Å². The Morgan fingerprint density at radius 2 is 2.05 bits per heavy atom. The van der Waals surface area contributed by atoms with Crippen molar-refractivity contribution in [1.29, 1.82) is 0 Å². The standard InChI is InChI=1S/C15H23N3O3/c1-11(18(5)14(20)21-15(2,3)4)13(19)17-10-12-8-6-7-9-16-12/h6-9,11H,10H2,1-5H3,(H,17,19). The average molecular weight is 293 g/mol. The zero-order chi connectivity index (χ0) is 16.0. The van der Waals surface area contributed by atoms with Crippen molar-refractivity contribution < 1.29 is 14.3 Å². The van der Waals surface area contributed by atoms with E-state index < -0.39 is 17.7 Å². The van der Waals surface area contributed by atoms with E-state index in [-0.39, 0.29) is 5.91 Å². The molecule has 0 radical (unpaired) electrons. The Balaban J connectivity index is 2.51. The number of carbonyl (C=O) groups is 2. The number of ether oxygens (including phenoxy) is 1. The van der Waals surface area contributed by atoms with Crippen LogP contribution in [0.2, 0.25) is 0 Å². The molecule has 0 saturated heterocycles. The van der Waals surface area contributed by atoms with Crippen molar-refractivity contribution in [3.8, 4) is 0 Å². The maximum absolute atomic E-state index is 12.0. The quantitative estimate of drug-likeness (QED) is 0.921. The van der Waals surface area contributed by atoms with Gasteiger partial charge in [-0.1, -0.05) is 6.07 Å². The highest BCUT2D eigenvalue weighted by molar-refractivity contribution is 5.85. The summed E-state index contributed by atoms with van der Waals surface area (Å²) in [5, 5.41) is 2.75. The van der Waals surface area contributed by atoms with Crippen LogP contribution in [0, 0.1) is 0 Å². The summed E-state index contributed by atoms with van der Waals surface area (Å²) in [4.78, 5) is 29.3. The van der Waals surface area contributed by atoms with Gasteiger partial charge in [0.15, 0.2) is 0 Å². The number of likely N-dealkylation sites (N-methyl/N-ethyl adjacent to an activating group) is 1. The van der Waals surface area contributed by atoms with Crippen molar-refractivity contribution in [2.75, 3.05) is 7.05 Å². The van der Waals surface area contributed by atoms with Gasteiger partial charge in [-0.05, 0) is 39.8 Å². The van der Waals surface area contributed by atoms with E-state index in [9.17, 15) is 9.59 Å². The second-order valence-electron chi connectivity index (χ2n) is 5.81. The van der Waals surface area contributed by atoms with Crippen molar-refractivity contribution in [3.05, 3.63) is 30.1 Å². The lowest BCUT2D eigenvalue weighted by Gasteiger charge is -2.28. The predicted molar refractivity (Wildman–Crippen MR) is 79.5 cm³/mol. The van der Waals surface area contributed by atoms with Crippen molar-refractivity contribution in [3.63, 3.8) is 0 Å². The van der Waals surface area contributed by atoms with Crippen molar-refractivity contribution in [2.45, 2.75) is 45.9 Å². The number of aromatic nitrogens is 1. The second kappa shape index (κ2) is 7.06. The molecule has 0 saturated carbocycles.